The van der Waals surface area contributed by atoms with Crippen LogP contribution in [0.1, 0.15) is 11.1 Å². The van der Waals surface area contributed by atoms with E-state index in [1.807, 2.05) is 36.6 Å². The van der Waals surface area contributed by atoms with Gasteiger partial charge in [0.2, 0.25) is 4.96 Å². The summed E-state index contributed by atoms with van der Waals surface area (Å²) in [5.41, 5.74) is 3.76. The Hall–Kier alpha value is -3.85. The number of nitrogens with zero attached hydrogens (tertiary/aromatic N) is 4. The van der Waals surface area contributed by atoms with Gasteiger partial charge in [0.1, 0.15) is 0 Å². The predicted molar refractivity (Wildman–Crippen MR) is 112 cm³/mol. The van der Waals surface area contributed by atoms with Crippen molar-refractivity contribution < 1.29 is 9.72 Å². The molecule has 29 heavy (non-hydrogen) atoms. The average molecular weight is 405 g/mol. The summed E-state index contributed by atoms with van der Waals surface area (Å²) < 4.78 is 1.70. The Morgan fingerprint density at radius 3 is 2.59 bits per heavy atom. The predicted octanol–water partition coefficient (Wildman–Crippen LogP) is 4.33. The maximum atomic E-state index is 12.2. The first-order valence-electron chi connectivity index (χ1n) is 8.64. The van der Waals surface area contributed by atoms with Crippen LogP contribution >= 0.6 is 11.3 Å². The number of carbonyl (C=O) groups excluding carboxylic acids is 1. The van der Waals surface area contributed by atoms with Gasteiger partial charge in [0.15, 0.2) is 0 Å². The van der Waals surface area contributed by atoms with Crippen molar-refractivity contribution in [3.8, 4) is 11.3 Å². The van der Waals surface area contributed by atoms with E-state index in [2.05, 4.69) is 15.4 Å². The van der Waals surface area contributed by atoms with E-state index in [-0.39, 0.29) is 11.6 Å². The van der Waals surface area contributed by atoms with Crippen molar-refractivity contribution >= 4 is 39.9 Å². The highest BCUT2D eigenvalue weighted by Gasteiger charge is 2.12. The third-order valence-corrected chi connectivity index (χ3v) is 5.01. The van der Waals surface area contributed by atoms with Crippen molar-refractivity contribution in [3.05, 3.63) is 81.2 Å². The van der Waals surface area contributed by atoms with Crippen LogP contribution in [0.2, 0.25) is 0 Å². The van der Waals surface area contributed by atoms with Gasteiger partial charge in [-0.2, -0.15) is 4.98 Å². The zero-order valence-corrected chi connectivity index (χ0v) is 16.1. The van der Waals surface area contributed by atoms with E-state index in [9.17, 15) is 14.9 Å². The fourth-order valence-corrected chi connectivity index (χ4v) is 3.52. The van der Waals surface area contributed by atoms with Gasteiger partial charge < -0.3 is 0 Å². The number of amides is 1. The molecule has 0 aliphatic carbocycles. The number of rotatable bonds is 5. The summed E-state index contributed by atoms with van der Waals surface area (Å²) >= 11 is 1.44. The lowest BCUT2D eigenvalue weighted by molar-refractivity contribution is -0.384. The zero-order chi connectivity index (χ0) is 20.4. The smallest absolute Gasteiger partial charge is 0.269 e. The van der Waals surface area contributed by atoms with Crippen molar-refractivity contribution in [1.82, 2.24) is 14.6 Å². The molecule has 9 heteroatoms. The van der Waals surface area contributed by atoms with Gasteiger partial charge >= 0.3 is 0 Å². The molecule has 1 N–H and O–H groups in total. The van der Waals surface area contributed by atoms with E-state index in [1.54, 1.807) is 22.7 Å². The number of thiazole rings is 1. The van der Waals surface area contributed by atoms with Gasteiger partial charge in [-0.05, 0) is 30.7 Å². The van der Waals surface area contributed by atoms with E-state index in [4.69, 9.17) is 0 Å². The number of benzene rings is 2. The minimum Gasteiger partial charge on any atom is -0.290 e. The Morgan fingerprint density at radius 1 is 1.17 bits per heavy atom. The van der Waals surface area contributed by atoms with Crippen molar-refractivity contribution in [2.24, 2.45) is 0 Å². The zero-order valence-electron chi connectivity index (χ0n) is 15.3. The second kappa shape index (κ2) is 7.64. The molecule has 0 aliphatic rings. The highest BCUT2D eigenvalue weighted by Crippen LogP contribution is 2.26. The minimum atomic E-state index is -0.471. The molecule has 0 unspecified atom stereocenters. The van der Waals surface area contributed by atoms with Crippen molar-refractivity contribution in [2.45, 2.75) is 6.92 Å². The number of hydrogen-bond acceptors (Lipinski definition) is 6. The van der Waals surface area contributed by atoms with Crippen molar-refractivity contribution in [3.63, 3.8) is 0 Å². The average Bonchev–Trinajstić information content (AvgIpc) is 3.27. The molecule has 1 amide bonds. The molecule has 144 valence electrons. The summed E-state index contributed by atoms with van der Waals surface area (Å²) in [6.45, 7) is 2.03. The molecule has 0 aliphatic heterocycles. The molecular weight excluding hydrogens is 390 g/mol. The Balaban J connectivity index is 1.48. The minimum absolute atomic E-state index is 0.00161. The maximum absolute atomic E-state index is 12.2. The highest BCUT2D eigenvalue weighted by atomic mass is 32.1. The quantitative estimate of drug-likeness (QED) is 0.302. The molecule has 4 rings (SSSR count). The molecule has 0 spiro atoms. The SMILES string of the molecule is Cc1ccc(-c2csc3nc(NC(=O)/C=C/c4ccc([N+](=O)[O-])cc4)nn23)cc1. The summed E-state index contributed by atoms with van der Waals surface area (Å²) in [4.78, 5) is 27.4. The first kappa shape index (κ1) is 18.5. The third-order valence-electron chi connectivity index (χ3n) is 4.20. The van der Waals surface area contributed by atoms with Crippen molar-refractivity contribution in [2.75, 3.05) is 5.32 Å². The van der Waals surface area contributed by atoms with Gasteiger partial charge in [0.05, 0.1) is 10.6 Å². The molecule has 4 aromatic rings. The van der Waals surface area contributed by atoms with Gasteiger partial charge in [-0.1, -0.05) is 29.8 Å². The lowest BCUT2D eigenvalue weighted by Crippen LogP contribution is -2.09. The number of carbonyl (C=O) groups is 1. The molecule has 2 aromatic heterocycles. The van der Waals surface area contributed by atoms with Gasteiger partial charge in [-0.25, -0.2) is 4.52 Å². The Labute approximate surface area is 169 Å². The van der Waals surface area contributed by atoms with E-state index in [0.29, 0.717) is 10.5 Å². The molecule has 2 aromatic carbocycles. The number of aromatic nitrogens is 3. The van der Waals surface area contributed by atoms with E-state index in [0.717, 1.165) is 11.3 Å². The molecule has 0 saturated carbocycles. The Kier molecular flexibility index (Phi) is 4.88. The molecule has 0 fully saturated rings. The van der Waals surface area contributed by atoms with Gasteiger partial charge in [-0.3, -0.25) is 20.2 Å². The van der Waals surface area contributed by atoms with Crippen LogP contribution in [0.5, 0.6) is 0 Å². The van der Waals surface area contributed by atoms with Crippen LogP contribution in [0.3, 0.4) is 0 Å². The van der Waals surface area contributed by atoms with Crippen LogP contribution in [-0.4, -0.2) is 25.4 Å². The summed E-state index contributed by atoms with van der Waals surface area (Å²) in [5.74, 6) is -0.179. The first-order chi connectivity index (χ1) is 14.0. The first-order valence-corrected chi connectivity index (χ1v) is 9.52. The highest BCUT2D eigenvalue weighted by molar-refractivity contribution is 7.15. The maximum Gasteiger partial charge on any atom is 0.269 e. The van der Waals surface area contributed by atoms with Crippen LogP contribution in [0, 0.1) is 17.0 Å². The second-order valence-corrected chi connectivity index (χ2v) is 7.12. The molecular formula is C20H15N5O3S. The number of nitro benzene ring substituents is 1. The van der Waals surface area contributed by atoms with E-state index < -0.39 is 10.8 Å². The monoisotopic (exact) mass is 405 g/mol. The van der Waals surface area contributed by atoms with Crippen LogP contribution in [-0.2, 0) is 4.79 Å². The Morgan fingerprint density at radius 2 is 1.90 bits per heavy atom. The molecule has 0 bridgehead atoms. The molecule has 0 atom stereocenters. The fourth-order valence-electron chi connectivity index (χ4n) is 2.69. The van der Waals surface area contributed by atoms with Gasteiger partial charge in [-0.15, -0.1) is 16.4 Å². The second-order valence-electron chi connectivity index (χ2n) is 6.29. The standard InChI is InChI=1S/C20H15N5O3S/c1-13-2-7-15(8-3-13)17-12-29-20-22-19(23-24(17)20)21-18(26)11-6-14-4-9-16(10-5-14)25(27)28/h2-12H,1H3,(H,21,23,26)/b11-6+. The molecule has 2 heterocycles. The van der Waals surface area contributed by atoms with Crippen molar-refractivity contribution in [1.29, 1.82) is 0 Å². The normalized spacial score (nSPS) is 11.2. The number of hydrogen-bond donors (Lipinski definition) is 1. The Bertz CT molecular complexity index is 1220. The summed E-state index contributed by atoms with van der Waals surface area (Å²) in [6.07, 6.45) is 2.90. The number of nitro groups is 1. The number of nitrogens with one attached hydrogen (secondary N) is 1. The lowest BCUT2D eigenvalue weighted by Gasteiger charge is -1.99. The van der Waals surface area contributed by atoms with Crippen LogP contribution in [0.25, 0.3) is 22.3 Å². The van der Waals surface area contributed by atoms with Gasteiger partial charge in [0.25, 0.3) is 17.5 Å². The molecule has 0 radical (unpaired) electrons. The van der Waals surface area contributed by atoms with Gasteiger partial charge in [0, 0.05) is 29.2 Å². The van der Waals surface area contributed by atoms with E-state index >= 15 is 0 Å². The lowest BCUT2D eigenvalue weighted by atomic mass is 10.1. The summed E-state index contributed by atoms with van der Waals surface area (Å²) in [5, 5.41) is 19.7. The number of non-ortho nitro benzene ring substituents is 1. The third kappa shape index (κ3) is 4.04. The summed E-state index contributed by atoms with van der Waals surface area (Å²) in [7, 11) is 0. The molecule has 8 nitrogen and oxygen atoms in total. The fraction of sp³-hybridized carbons (Fsp3) is 0.0500. The van der Waals surface area contributed by atoms with Crippen LogP contribution < -0.4 is 5.32 Å². The van der Waals surface area contributed by atoms with E-state index in [1.165, 1.54) is 35.1 Å². The topological polar surface area (TPSA) is 102 Å². The molecule has 0 saturated heterocycles. The van der Waals surface area contributed by atoms with Crippen LogP contribution in [0.15, 0.2) is 60.0 Å². The number of anilines is 1. The number of aryl methyl sites for hydroxylation is 1. The summed E-state index contributed by atoms with van der Waals surface area (Å²) in [6, 6.07) is 14.0. The number of fused-ring (bicyclic) bond motifs is 1. The largest absolute Gasteiger partial charge is 0.290 e. The van der Waals surface area contributed by atoms with Crippen LogP contribution in [0.4, 0.5) is 11.6 Å².